The van der Waals surface area contributed by atoms with Crippen molar-refractivity contribution < 1.29 is 9.21 Å². The molecule has 1 heterocycles. The summed E-state index contributed by atoms with van der Waals surface area (Å²) in [4.78, 5) is 12.3. The summed E-state index contributed by atoms with van der Waals surface area (Å²) in [5, 5.41) is 0. The van der Waals surface area contributed by atoms with Crippen molar-refractivity contribution in [3.63, 3.8) is 0 Å². The quantitative estimate of drug-likeness (QED) is 0.698. The zero-order valence-corrected chi connectivity index (χ0v) is 12.6. The third-order valence-corrected chi connectivity index (χ3v) is 7.31. The van der Waals surface area contributed by atoms with E-state index >= 15 is 0 Å². The summed E-state index contributed by atoms with van der Waals surface area (Å²) >= 11 is 0. The van der Waals surface area contributed by atoms with Crippen molar-refractivity contribution in [3.8, 4) is 0 Å². The lowest BCUT2D eigenvalue weighted by atomic mass is 9.46. The van der Waals surface area contributed by atoms with Crippen LogP contribution in [0.1, 0.15) is 62.7 Å². The maximum atomic E-state index is 12.3. The molecule has 2 nitrogen and oxygen atoms in total. The van der Waals surface area contributed by atoms with Crippen LogP contribution >= 0.6 is 0 Å². The van der Waals surface area contributed by atoms with Crippen molar-refractivity contribution in [2.75, 3.05) is 0 Å². The van der Waals surface area contributed by atoms with Gasteiger partial charge in [-0.1, -0.05) is 13.0 Å². The van der Waals surface area contributed by atoms with Crippen LogP contribution in [-0.2, 0) is 4.79 Å². The summed E-state index contributed by atoms with van der Waals surface area (Å²) in [5.74, 6) is 3.26. The van der Waals surface area contributed by atoms with Gasteiger partial charge in [0.2, 0.25) is 0 Å². The molecule has 1 spiro atoms. The number of fused-ring (bicyclic) bond motifs is 5. The van der Waals surface area contributed by atoms with Gasteiger partial charge in [0, 0.05) is 17.9 Å². The molecule has 3 fully saturated rings. The van der Waals surface area contributed by atoms with E-state index in [1.165, 1.54) is 31.2 Å². The Balaban J connectivity index is 1.63. The predicted octanol–water partition coefficient (Wildman–Crippen LogP) is 4.57. The predicted molar refractivity (Wildman–Crippen MR) is 80.7 cm³/mol. The lowest BCUT2D eigenvalue weighted by Gasteiger charge is -2.57. The van der Waals surface area contributed by atoms with Crippen LogP contribution in [0.15, 0.2) is 22.8 Å². The number of allylic oxidation sites excluding steroid dienone is 1. The minimum Gasteiger partial charge on any atom is -0.465 e. The summed E-state index contributed by atoms with van der Waals surface area (Å²) in [7, 11) is 0. The molecule has 0 amide bonds. The first-order chi connectivity index (χ1) is 10.1. The van der Waals surface area contributed by atoms with Crippen LogP contribution in [0.2, 0.25) is 0 Å². The SMILES string of the molecule is C[C@@]12C=Cc3occc3[C@H]1CC[C@@]13CC(=O)[C@@H](CC[C@H]12)C3. The fourth-order valence-electron chi connectivity index (χ4n) is 6.42. The highest BCUT2D eigenvalue weighted by Crippen LogP contribution is 2.68. The molecule has 0 saturated heterocycles. The number of hydrogen-bond acceptors (Lipinski definition) is 2. The Morgan fingerprint density at radius 2 is 2.19 bits per heavy atom. The van der Waals surface area contributed by atoms with E-state index in [0.29, 0.717) is 29.0 Å². The summed E-state index contributed by atoms with van der Waals surface area (Å²) in [5.41, 5.74) is 1.93. The average molecular weight is 282 g/mol. The fraction of sp³-hybridized carbons (Fsp3) is 0.632. The summed E-state index contributed by atoms with van der Waals surface area (Å²) in [6, 6.07) is 2.17. The van der Waals surface area contributed by atoms with Crippen molar-refractivity contribution in [1.82, 2.24) is 0 Å². The van der Waals surface area contributed by atoms with Gasteiger partial charge in [0.15, 0.2) is 0 Å². The van der Waals surface area contributed by atoms with Gasteiger partial charge in [0.1, 0.15) is 11.5 Å². The first-order valence-electron chi connectivity index (χ1n) is 8.42. The highest BCUT2D eigenvalue weighted by atomic mass is 16.3. The molecule has 5 rings (SSSR count). The smallest absolute Gasteiger partial charge is 0.136 e. The van der Waals surface area contributed by atoms with Gasteiger partial charge in [0.25, 0.3) is 0 Å². The third-order valence-electron chi connectivity index (χ3n) is 7.31. The van der Waals surface area contributed by atoms with Gasteiger partial charge >= 0.3 is 0 Å². The van der Waals surface area contributed by atoms with Crippen molar-refractivity contribution in [2.45, 2.75) is 51.4 Å². The molecule has 4 aliphatic carbocycles. The molecule has 21 heavy (non-hydrogen) atoms. The highest BCUT2D eigenvalue weighted by molar-refractivity contribution is 5.84. The second-order valence-electron chi connectivity index (χ2n) is 8.07. The second kappa shape index (κ2) is 3.71. The Hall–Kier alpha value is -1.31. The molecule has 110 valence electrons. The van der Waals surface area contributed by atoms with E-state index in [1.807, 2.05) is 6.26 Å². The van der Waals surface area contributed by atoms with Crippen molar-refractivity contribution in [1.29, 1.82) is 0 Å². The molecule has 1 aromatic heterocycles. The normalized spacial score (nSPS) is 46.9. The first kappa shape index (κ1) is 12.3. The van der Waals surface area contributed by atoms with Crippen LogP contribution in [0.3, 0.4) is 0 Å². The number of carbonyl (C=O) groups is 1. The molecule has 3 saturated carbocycles. The van der Waals surface area contributed by atoms with Crippen LogP contribution in [0, 0.1) is 22.7 Å². The molecule has 0 aromatic carbocycles. The van der Waals surface area contributed by atoms with Gasteiger partial charge in [-0.3, -0.25) is 4.79 Å². The van der Waals surface area contributed by atoms with Crippen molar-refractivity contribution in [2.24, 2.45) is 22.7 Å². The van der Waals surface area contributed by atoms with Gasteiger partial charge in [-0.05, 0) is 66.9 Å². The minimum absolute atomic E-state index is 0.213. The number of rotatable bonds is 0. The molecule has 4 aliphatic rings. The van der Waals surface area contributed by atoms with E-state index in [1.54, 1.807) is 0 Å². The van der Waals surface area contributed by atoms with Crippen LogP contribution in [0.5, 0.6) is 0 Å². The maximum absolute atomic E-state index is 12.3. The molecular weight excluding hydrogens is 260 g/mol. The van der Waals surface area contributed by atoms with Gasteiger partial charge < -0.3 is 4.42 Å². The van der Waals surface area contributed by atoms with Crippen molar-refractivity contribution in [3.05, 3.63) is 29.7 Å². The lowest BCUT2D eigenvalue weighted by molar-refractivity contribution is -0.120. The standard InChI is InChI=1S/C19H22O2/c1-18-7-5-16-13(6-9-21-16)14(18)4-8-19-10-12(15(20)11-19)2-3-17(18)19/h5-7,9,12,14,17H,2-4,8,10-11H2,1H3/t12-,14+,17-,18+,19+/m0/s1. The van der Waals surface area contributed by atoms with E-state index in [9.17, 15) is 4.79 Å². The summed E-state index contributed by atoms with van der Waals surface area (Å²) in [6.45, 7) is 2.44. The van der Waals surface area contributed by atoms with Crippen molar-refractivity contribution >= 4 is 11.9 Å². The Morgan fingerprint density at radius 3 is 3.10 bits per heavy atom. The lowest BCUT2D eigenvalue weighted by Crippen LogP contribution is -2.49. The van der Waals surface area contributed by atoms with E-state index in [4.69, 9.17) is 4.42 Å². The topological polar surface area (TPSA) is 30.2 Å². The number of ketones is 1. The third kappa shape index (κ3) is 1.37. The van der Waals surface area contributed by atoms with Crippen LogP contribution in [-0.4, -0.2) is 5.78 Å². The molecule has 1 aromatic rings. The summed E-state index contributed by atoms with van der Waals surface area (Å²) < 4.78 is 5.62. The Bertz CT molecular complexity index is 654. The molecule has 2 heteroatoms. The zero-order valence-electron chi connectivity index (χ0n) is 12.6. The first-order valence-corrected chi connectivity index (χ1v) is 8.42. The van der Waals surface area contributed by atoms with E-state index in [0.717, 1.165) is 18.6 Å². The highest BCUT2D eigenvalue weighted by Gasteiger charge is 2.61. The monoisotopic (exact) mass is 282 g/mol. The second-order valence-corrected chi connectivity index (χ2v) is 8.07. The number of furan rings is 1. The fourth-order valence-corrected chi connectivity index (χ4v) is 6.42. The largest absolute Gasteiger partial charge is 0.465 e. The van der Waals surface area contributed by atoms with E-state index < -0.39 is 0 Å². The molecule has 0 radical (unpaired) electrons. The molecular formula is C19H22O2. The maximum Gasteiger partial charge on any atom is 0.136 e. The number of carbonyl (C=O) groups excluding carboxylic acids is 1. The van der Waals surface area contributed by atoms with Gasteiger partial charge in [-0.2, -0.15) is 0 Å². The van der Waals surface area contributed by atoms with Gasteiger partial charge in [0.05, 0.1) is 6.26 Å². The van der Waals surface area contributed by atoms with Crippen LogP contribution < -0.4 is 0 Å². The number of Topliss-reactive ketones (excluding diaryl/α,β-unsaturated/α-hetero) is 1. The van der Waals surface area contributed by atoms with Gasteiger partial charge in [-0.15, -0.1) is 0 Å². The summed E-state index contributed by atoms with van der Waals surface area (Å²) in [6.07, 6.45) is 13.3. The zero-order chi connectivity index (χ0) is 14.2. The minimum atomic E-state index is 0.213. The Morgan fingerprint density at radius 1 is 1.29 bits per heavy atom. The Labute approximate surface area is 125 Å². The average Bonchev–Trinajstić information content (AvgIpc) is 3.02. The molecule has 2 bridgehead atoms. The van der Waals surface area contributed by atoms with Crippen LogP contribution in [0.25, 0.3) is 6.08 Å². The van der Waals surface area contributed by atoms with E-state index in [-0.39, 0.29) is 5.41 Å². The number of hydrogen-bond donors (Lipinski definition) is 0. The molecule has 0 aliphatic heterocycles. The Kier molecular flexibility index (Phi) is 2.17. The molecule has 0 unspecified atom stereocenters. The van der Waals surface area contributed by atoms with Gasteiger partial charge in [-0.25, -0.2) is 0 Å². The van der Waals surface area contributed by atoms with E-state index in [2.05, 4.69) is 25.1 Å². The molecule has 0 N–H and O–H groups in total. The van der Waals surface area contributed by atoms with Crippen LogP contribution in [0.4, 0.5) is 0 Å². The molecule has 5 atom stereocenters.